The monoisotopic (exact) mass is 289 g/mol. The van der Waals surface area contributed by atoms with E-state index in [9.17, 15) is 4.79 Å². The summed E-state index contributed by atoms with van der Waals surface area (Å²) in [6.07, 6.45) is 4.37. The smallest absolute Gasteiger partial charge is 0.224 e. The number of carbonyl (C=O) groups excluding carboxylic acids is 1. The third-order valence-corrected chi connectivity index (χ3v) is 3.12. The Balaban J connectivity index is 1.87. The van der Waals surface area contributed by atoms with Crippen molar-refractivity contribution in [2.24, 2.45) is 0 Å². The van der Waals surface area contributed by atoms with Crippen LogP contribution in [0.1, 0.15) is 11.3 Å². The van der Waals surface area contributed by atoms with E-state index < -0.39 is 0 Å². The van der Waals surface area contributed by atoms with Gasteiger partial charge in [-0.05, 0) is 6.07 Å². The minimum atomic E-state index is -0.0435. The van der Waals surface area contributed by atoms with Crippen LogP contribution in [0.15, 0.2) is 30.7 Å². The second kappa shape index (κ2) is 7.33. The zero-order valence-electron chi connectivity index (χ0n) is 12.2. The Kier molecular flexibility index (Phi) is 5.20. The van der Waals surface area contributed by atoms with Crippen LogP contribution >= 0.6 is 0 Å². The highest BCUT2D eigenvalue weighted by Crippen LogP contribution is 2.24. The van der Waals surface area contributed by atoms with E-state index in [0.29, 0.717) is 18.0 Å². The lowest BCUT2D eigenvalue weighted by Gasteiger charge is -2.10. The van der Waals surface area contributed by atoms with Gasteiger partial charge in [-0.1, -0.05) is 6.07 Å². The number of amides is 1. The summed E-state index contributed by atoms with van der Waals surface area (Å²) in [4.78, 5) is 18.9. The molecular formula is C15H19N3O3. The molecule has 0 unspecified atom stereocenters. The number of hydrogen-bond donors (Lipinski definition) is 2. The average molecular weight is 289 g/mol. The Morgan fingerprint density at radius 3 is 2.86 bits per heavy atom. The molecule has 1 aromatic heterocycles. The molecule has 2 aromatic rings. The minimum Gasteiger partial charge on any atom is -0.497 e. The Morgan fingerprint density at radius 1 is 1.33 bits per heavy atom. The highest BCUT2D eigenvalue weighted by atomic mass is 16.5. The topological polar surface area (TPSA) is 76.2 Å². The normalized spacial score (nSPS) is 10.2. The molecule has 112 valence electrons. The number of rotatable bonds is 7. The molecule has 0 fully saturated rings. The van der Waals surface area contributed by atoms with Crippen molar-refractivity contribution in [3.05, 3.63) is 42.0 Å². The van der Waals surface area contributed by atoms with Crippen molar-refractivity contribution >= 4 is 5.91 Å². The number of ether oxygens (including phenoxy) is 2. The number of nitrogens with one attached hydrogen (secondary N) is 2. The van der Waals surface area contributed by atoms with E-state index >= 15 is 0 Å². The van der Waals surface area contributed by atoms with Gasteiger partial charge in [0.1, 0.15) is 11.5 Å². The molecule has 1 heterocycles. The van der Waals surface area contributed by atoms with Crippen LogP contribution in [0.3, 0.4) is 0 Å². The fraction of sp³-hybridized carbons (Fsp3) is 0.333. The molecular weight excluding hydrogens is 270 g/mol. The predicted molar refractivity (Wildman–Crippen MR) is 78.6 cm³/mol. The molecule has 1 amide bonds. The van der Waals surface area contributed by atoms with Crippen LogP contribution in [0.2, 0.25) is 0 Å². The summed E-state index contributed by atoms with van der Waals surface area (Å²) in [6, 6.07) is 5.43. The summed E-state index contributed by atoms with van der Waals surface area (Å²) >= 11 is 0. The molecule has 6 nitrogen and oxygen atoms in total. The first kappa shape index (κ1) is 14.9. The second-order valence-corrected chi connectivity index (χ2v) is 4.53. The number of methoxy groups -OCH3 is 2. The standard InChI is InChI=1S/C15H19N3O3/c1-20-13-4-3-11(14(8-13)21-2)7-15(19)17-6-5-12-9-16-10-18-12/h3-4,8-10H,5-7H2,1-2H3,(H,16,18)(H,17,19). The van der Waals surface area contributed by atoms with Crippen molar-refractivity contribution < 1.29 is 14.3 Å². The highest BCUT2D eigenvalue weighted by molar-refractivity contribution is 5.79. The Hall–Kier alpha value is -2.50. The van der Waals surface area contributed by atoms with E-state index in [1.165, 1.54) is 0 Å². The first-order valence-electron chi connectivity index (χ1n) is 6.67. The van der Waals surface area contributed by atoms with Crippen LogP contribution in [-0.4, -0.2) is 36.6 Å². The second-order valence-electron chi connectivity index (χ2n) is 4.53. The van der Waals surface area contributed by atoms with Gasteiger partial charge in [0.05, 0.1) is 27.0 Å². The average Bonchev–Trinajstić information content (AvgIpc) is 3.01. The van der Waals surface area contributed by atoms with Crippen LogP contribution < -0.4 is 14.8 Å². The molecule has 0 atom stereocenters. The number of benzene rings is 1. The maximum atomic E-state index is 11.9. The number of aromatic amines is 1. The minimum absolute atomic E-state index is 0.0435. The van der Waals surface area contributed by atoms with Gasteiger partial charge in [0.25, 0.3) is 0 Å². The zero-order valence-corrected chi connectivity index (χ0v) is 12.2. The molecule has 0 bridgehead atoms. The summed E-state index contributed by atoms with van der Waals surface area (Å²) in [7, 11) is 3.17. The third-order valence-electron chi connectivity index (χ3n) is 3.12. The Labute approximate surface area is 123 Å². The van der Waals surface area contributed by atoms with Gasteiger partial charge >= 0.3 is 0 Å². The van der Waals surface area contributed by atoms with Crippen LogP contribution in [0.5, 0.6) is 11.5 Å². The molecule has 21 heavy (non-hydrogen) atoms. The number of hydrogen-bond acceptors (Lipinski definition) is 4. The van der Waals surface area contributed by atoms with Gasteiger partial charge in [-0.2, -0.15) is 0 Å². The van der Waals surface area contributed by atoms with Crippen molar-refractivity contribution in [1.29, 1.82) is 0 Å². The summed E-state index contributed by atoms with van der Waals surface area (Å²) in [5.74, 6) is 1.31. The van der Waals surface area contributed by atoms with Gasteiger partial charge in [-0.25, -0.2) is 4.98 Å². The number of H-pyrrole nitrogens is 1. The third kappa shape index (κ3) is 4.24. The van der Waals surface area contributed by atoms with Crippen molar-refractivity contribution in [2.75, 3.05) is 20.8 Å². The lowest BCUT2D eigenvalue weighted by molar-refractivity contribution is -0.120. The molecule has 6 heteroatoms. The zero-order chi connectivity index (χ0) is 15.1. The van der Waals surface area contributed by atoms with Gasteiger partial charge in [0.2, 0.25) is 5.91 Å². The van der Waals surface area contributed by atoms with E-state index in [4.69, 9.17) is 9.47 Å². The lowest BCUT2D eigenvalue weighted by Crippen LogP contribution is -2.27. The van der Waals surface area contributed by atoms with Gasteiger partial charge in [0.15, 0.2) is 0 Å². The van der Waals surface area contributed by atoms with Gasteiger partial charge in [-0.3, -0.25) is 4.79 Å². The first-order valence-corrected chi connectivity index (χ1v) is 6.67. The predicted octanol–water partition coefficient (Wildman–Crippen LogP) is 1.33. The number of carbonyl (C=O) groups is 1. The Bertz CT molecular complexity index is 582. The Morgan fingerprint density at radius 2 is 2.19 bits per heavy atom. The lowest BCUT2D eigenvalue weighted by atomic mass is 10.1. The maximum Gasteiger partial charge on any atom is 0.224 e. The molecule has 0 saturated heterocycles. The van der Waals surface area contributed by atoms with Gasteiger partial charge < -0.3 is 19.8 Å². The molecule has 0 aliphatic rings. The number of imidazole rings is 1. The fourth-order valence-corrected chi connectivity index (χ4v) is 1.99. The van der Waals surface area contributed by atoms with Crippen molar-refractivity contribution in [3.63, 3.8) is 0 Å². The van der Waals surface area contributed by atoms with Gasteiger partial charge in [0, 0.05) is 36.5 Å². The number of aromatic nitrogens is 2. The quantitative estimate of drug-likeness (QED) is 0.806. The largest absolute Gasteiger partial charge is 0.497 e. The maximum absolute atomic E-state index is 11.9. The van der Waals surface area contributed by atoms with Gasteiger partial charge in [-0.15, -0.1) is 0 Å². The molecule has 2 N–H and O–H groups in total. The van der Waals surface area contributed by atoms with Crippen LogP contribution in [-0.2, 0) is 17.6 Å². The van der Waals surface area contributed by atoms with E-state index in [2.05, 4.69) is 15.3 Å². The molecule has 2 rings (SSSR count). The number of nitrogens with zero attached hydrogens (tertiary/aromatic N) is 1. The SMILES string of the molecule is COc1ccc(CC(=O)NCCc2cnc[nH]2)c(OC)c1. The van der Waals surface area contributed by atoms with E-state index in [1.54, 1.807) is 32.8 Å². The highest BCUT2D eigenvalue weighted by Gasteiger charge is 2.09. The van der Waals surface area contributed by atoms with E-state index in [0.717, 1.165) is 17.7 Å². The first-order chi connectivity index (χ1) is 10.2. The fourth-order valence-electron chi connectivity index (χ4n) is 1.99. The van der Waals surface area contributed by atoms with E-state index in [-0.39, 0.29) is 12.3 Å². The summed E-state index contributed by atoms with van der Waals surface area (Å²) in [6.45, 7) is 0.569. The van der Waals surface area contributed by atoms with E-state index in [1.807, 2.05) is 12.1 Å². The van der Waals surface area contributed by atoms with Crippen molar-refractivity contribution in [1.82, 2.24) is 15.3 Å². The molecule has 0 spiro atoms. The van der Waals surface area contributed by atoms with Crippen LogP contribution in [0.4, 0.5) is 0 Å². The molecule has 0 aliphatic carbocycles. The summed E-state index contributed by atoms with van der Waals surface area (Å²) in [5.41, 5.74) is 1.83. The molecule has 0 radical (unpaired) electrons. The molecule has 0 aliphatic heterocycles. The molecule has 1 aromatic carbocycles. The summed E-state index contributed by atoms with van der Waals surface area (Å²) < 4.78 is 10.4. The van der Waals surface area contributed by atoms with Crippen LogP contribution in [0.25, 0.3) is 0 Å². The summed E-state index contributed by atoms with van der Waals surface area (Å²) in [5, 5.41) is 2.88. The van der Waals surface area contributed by atoms with Crippen molar-refractivity contribution in [3.8, 4) is 11.5 Å². The molecule has 0 saturated carbocycles. The van der Waals surface area contributed by atoms with Crippen molar-refractivity contribution in [2.45, 2.75) is 12.8 Å². The van der Waals surface area contributed by atoms with Crippen LogP contribution in [0, 0.1) is 0 Å².